The molecule has 6 heteroatoms. The number of hydrogen-bond donors (Lipinski definition) is 2. The maximum Gasteiger partial charge on any atom is 0.197 e. The summed E-state index contributed by atoms with van der Waals surface area (Å²) in [7, 11) is 2.61. The molecule has 0 atom stereocenters. The predicted molar refractivity (Wildman–Crippen MR) is 52.8 cm³/mol. The van der Waals surface area contributed by atoms with Crippen LogP contribution in [-0.2, 0) is 0 Å². The molecule has 1 rings (SSSR count). The fraction of sp³-hybridized carbons (Fsp3) is 0.300. The number of benzene rings is 1. The topological polar surface area (TPSA) is 58.6 Å². The first kappa shape index (κ1) is 12.4. The van der Waals surface area contributed by atoms with E-state index in [0.717, 1.165) is 7.11 Å². The summed E-state index contributed by atoms with van der Waals surface area (Å²) in [6, 6.07) is 0.501. The molecule has 0 aliphatic heterocycles. The molecular weight excluding hydrogens is 220 g/mol. The van der Waals surface area contributed by atoms with Gasteiger partial charge in [-0.15, -0.1) is 0 Å². The van der Waals surface area contributed by atoms with E-state index < -0.39 is 34.5 Å². The second kappa shape index (κ2) is 4.89. The third-order valence-electron chi connectivity index (χ3n) is 1.98. The number of ether oxygens (including phenoxy) is 1. The number of Topliss-reactive ketones (excluding diaryl/α,β-unsaturated/α-hetero) is 1. The number of halogens is 2. The number of phenols is 1. The summed E-state index contributed by atoms with van der Waals surface area (Å²) in [4.78, 5) is 11.4. The van der Waals surface area contributed by atoms with Gasteiger partial charge >= 0.3 is 0 Å². The van der Waals surface area contributed by atoms with Crippen LogP contribution in [0, 0.1) is 11.6 Å². The van der Waals surface area contributed by atoms with Gasteiger partial charge in [-0.1, -0.05) is 0 Å². The Kier molecular flexibility index (Phi) is 3.78. The van der Waals surface area contributed by atoms with Crippen LogP contribution < -0.4 is 10.1 Å². The molecule has 0 fully saturated rings. The Hall–Kier alpha value is -1.69. The van der Waals surface area contributed by atoms with Crippen molar-refractivity contribution in [3.63, 3.8) is 0 Å². The Balaban J connectivity index is 3.33. The van der Waals surface area contributed by atoms with Gasteiger partial charge in [0, 0.05) is 6.07 Å². The maximum absolute atomic E-state index is 13.3. The van der Waals surface area contributed by atoms with Crippen molar-refractivity contribution in [1.29, 1.82) is 0 Å². The van der Waals surface area contributed by atoms with Crippen molar-refractivity contribution in [2.24, 2.45) is 0 Å². The molecule has 16 heavy (non-hydrogen) atoms. The van der Waals surface area contributed by atoms with Crippen LogP contribution >= 0.6 is 0 Å². The first-order valence-electron chi connectivity index (χ1n) is 4.45. The highest BCUT2D eigenvalue weighted by atomic mass is 19.1. The minimum absolute atomic E-state index is 0.167. The lowest BCUT2D eigenvalue weighted by Gasteiger charge is -2.10. The molecule has 1 aromatic carbocycles. The van der Waals surface area contributed by atoms with Crippen LogP contribution in [0.5, 0.6) is 11.5 Å². The zero-order chi connectivity index (χ0) is 12.3. The molecule has 0 saturated heterocycles. The Morgan fingerprint density at radius 3 is 2.62 bits per heavy atom. The van der Waals surface area contributed by atoms with Crippen LogP contribution in [0.15, 0.2) is 6.07 Å². The van der Waals surface area contributed by atoms with E-state index in [1.54, 1.807) is 0 Å². The lowest BCUT2D eigenvalue weighted by molar-refractivity contribution is 0.0986. The van der Waals surface area contributed by atoms with E-state index in [2.05, 4.69) is 10.1 Å². The predicted octanol–water partition coefficient (Wildman–Crippen LogP) is 1.08. The number of carbonyl (C=O) groups excluding carboxylic acids is 1. The van der Waals surface area contributed by atoms with Gasteiger partial charge in [-0.05, 0) is 7.05 Å². The molecule has 0 spiro atoms. The van der Waals surface area contributed by atoms with Gasteiger partial charge < -0.3 is 15.2 Å². The molecule has 0 saturated carbocycles. The summed E-state index contributed by atoms with van der Waals surface area (Å²) in [5.41, 5.74) is -0.576. The van der Waals surface area contributed by atoms with Crippen molar-refractivity contribution in [2.45, 2.75) is 0 Å². The van der Waals surface area contributed by atoms with Gasteiger partial charge in [0.1, 0.15) is 11.4 Å². The first-order valence-corrected chi connectivity index (χ1v) is 4.45. The fourth-order valence-electron chi connectivity index (χ4n) is 1.30. The molecule has 0 radical (unpaired) electrons. The van der Waals surface area contributed by atoms with Gasteiger partial charge in [-0.3, -0.25) is 4.79 Å². The molecule has 2 N–H and O–H groups in total. The number of carbonyl (C=O) groups is 1. The number of ketones is 1. The van der Waals surface area contributed by atoms with E-state index in [1.807, 2.05) is 0 Å². The summed E-state index contributed by atoms with van der Waals surface area (Å²) in [5, 5.41) is 12.0. The van der Waals surface area contributed by atoms with Crippen molar-refractivity contribution in [3.05, 3.63) is 23.3 Å². The van der Waals surface area contributed by atoms with Crippen LogP contribution in [-0.4, -0.2) is 31.6 Å². The van der Waals surface area contributed by atoms with E-state index in [9.17, 15) is 18.7 Å². The number of phenolic OH excluding ortho intramolecular Hbond substituents is 1. The van der Waals surface area contributed by atoms with Gasteiger partial charge in [-0.2, -0.15) is 0 Å². The Morgan fingerprint density at radius 2 is 2.12 bits per heavy atom. The van der Waals surface area contributed by atoms with E-state index in [0.29, 0.717) is 6.07 Å². The van der Waals surface area contributed by atoms with Crippen LogP contribution in [0.4, 0.5) is 8.78 Å². The van der Waals surface area contributed by atoms with Crippen molar-refractivity contribution >= 4 is 5.78 Å². The highest BCUT2D eigenvalue weighted by Gasteiger charge is 2.23. The van der Waals surface area contributed by atoms with E-state index in [1.165, 1.54) is 7.05 Å². The number of nitrogens with one attached hydrogen (secondary N) is 1. The number of rotatable bonds is 4. The molecule has 0 heterocycles. The van der Waals surface area contributed by atoms with Gasteiger partial charge in [-0.25, -0.2) is 8.78 Å². The second-order valence-electron chi connectivity index (χ2n) is 3.05. The van der Waals surface area contributed by atoms with E-state index in [4.69, 9.17) is 0 Å². The molecule has 0 aromatic heterocycles. The summed E-state index contributed by atoms with van der Waals surface area (Å²) in [5.74, 6) is -4.22. The van der Waals surface area contributed by atoms with Crippen LogP contribution in [0.25, 0.3) is 0 Å². The highest BCUT2D eigenvalue weighted by molar-refractivity contribution is 6.01. The quantitative estimate of drug-likeness (QED) is 0.761. The molecule has 0 amide bonds. The smallest absolute Gasteiger partial charge is 0.197 e. The fourth-order valence-corrected chi connectivity index (χ4v) is 1.30. The molecule has 4 nitrogen and oxygen atoms in total. The summed E-state index contributed by atoms with van der Waals surface area (Å²) >= 11 is 0. The first-order chi connectivity index (χ1) is 7.52. The number of aromatic hydroxyl groups is 1. The number of hydrogen-bond acceptors (Lipinski definition) is 4. The van der Waals surface area contributed by atoms with Crippen LogP contribution in [0.2, 0.25) is 0 Å². The lowest BCUT2D eigenvalue weighted by atomic mass is 10.1. The van der Waals surface area contributed by atoms with Gasteiger partial charge in [0.25, 0.3) is 0 Å². The molecule has 0 aliphatic rings. The second-order valence-corrected chi connectivity index (χ2v) is 3.05. The van der Waals surface area contributed by atoms with Gasteiger partial charge in [0.05, 0.1) is 13.7 Å². The average molecular weight is 231 g/mol. The van der Waals surface area contributed by atoms with Gasteiger partial charge in [0.2, 0.25) is 0 Å². The third-order valence-corrected chi connectivity index (χ3v) is 1.98. The Bertz CT molecular complexity index is 421. The summed E-state index contributed by atoms with van der Waals surface area (Å²) < 4.78 is 30.9. The van der Waals surface area contributed by atoms with Gasteiger partial charge in [0.15, 0.2) is 23.1 Å². The molecular formula is C10H11F2NO3. The molecule has 1 aromatic rings. The highest BCUT2D eigenvalue weighted by Crippen LogP contribution is 2.34. The number of likely N-dealkylation sites (N-methyl/N-ethyl adjacent to an activating group) is 1. The molecule has 0 unspecified atom stereocenters. The molecule has 88 valence electrons. The summed E-state index contributed by atoms with van der Waals surface area (Å²) in [6.45, 7) is -0.167. The van der Waals surface area contributed by atoms with Crippen LogP contribution in [0.3, 0.4) is 0 Å². The van der Waals surface area contributed by atoms with E-state index >= 15 is 0 Å². The monoisotopic (exact) mass is 231 g/mol. The van der Waals surface area contributed by atoms with Crippen molar-refractivity contribution in [2.75, 3.05) is 20.7 Å². The standard InChI is InChI=1S/C10H11F2NO3/c1-13-4-7(14)8-5(11)3-6(12)10(16-2)9(8)15/h3,13,15H,4H2,1-2H3. The van der Waals surface area contributed by atoms with Crippen molar-refractivity contribution in [3.8, 4) is 11.5 Å². The lowest BCUT2D eigenvalue weighted by Crippen LogP contribution is -2.20. The van der Waals surface area contributed by atoms with Crippen LogP contribution in [0.1, 0.15) is 10.4 Å². The molecule has 0 bridgehead atoms. The summed E-state index contributed by atoms with van der Waals surface area (Å²) in [6.07, 6.45) is 0. The number of methoxy groups -OCH3 is 1. The average Bonchev–Trinajstić information content (AvgIpc) is 2.17. The Morgan fingerprint density at radius 1 is 1.50 bits per heavy atom. The van der Waals surface area contributed by atoms with Crippen molar-refractivity contribution in [1.82, 2.24) is 5.32 Å². The SMILES string of the molecule is CNCC(=O)c1c(F)cc(F)c(OC)c1O. The maximum atomic E-state index is 13.3. The third kappa shape index (κ3) is 2.11. The minimum atomic E-state index is -1.11. The zero-order valence-corrected chi connectivity index (χ0v) is 8.80. The Labute approximate surface area is 90.8 Å². The largest absolute Gasteiger partial charge is 0.504 e. The van der Waals surface area contributed by atoms with Crippen molar-refractivity contribution < 1.29 is 23.4 Å². The zero-order valence-electron chi connectivity index (χ0n) is 8.80. The minimum Gasteiger partial charge on any atom is -0.504 e. The molecule has 0 aliphatic carbocycles. The van der Waals surface area contributed by atoms with E-state index in [-0.39, 0.29) is 6.54 Å². The normalized spacial score (nSPS) is 10.2.